The average Bonchev–Trinajstić information content (AvgIpc) is 2.84. The Balaban J connectivity index is 1.65. The number of halogens is 1. The van der Waals surface area contributed by atoms with E-state index in [1.807, 2.05) is 24.3 Å². The van der Waals surface area contributed by atoms with Crippen LogP contribution in [0.2, 0.25) is 0 Å². The van der Waals surface area contributed by atoms with E-state index < -0.39 is 17.2 Å². The maximum atomic E-state index is 13.2. The van der Waals surface area contributed by atoms with Gasteiger partial charge in [0.15, 0.2) is 0 Å². The molecule has 3 aromatic heterocycles. The second-order valence-electron chi connectivity index (χ2n) is 7.34. The maximum Gasteiger partial charge on any atom is 0.331 e. The lowest BCUT2D eigenvalue weighted by atomic mass is 10.2. The number of amides is 1. The first-order valence-electron chi connectivity index (χ1n) is 9.98. The normalized spacial score (nSPS) is 10.9. The standard InChI is InChI=1S/C23H20BrN5O4/c1-28-19-12-26-18(21(30)27-11-15-7-8-25-20(9-15)33-2)10-17(19)22(31)29(23(28)32)13-14-3-5-16(24)6-4-14/h3-10,12H,11,13H2,1-2H3,(H,27,30). The van der Waals surface area contributed by atoms with Crippen LogP contribution in [0.4, 0.5) is 0 Å². The minimum Gasteiger partial charge on any atom is -0.481 e. The fraction of sp³-hybridized carbons (Fsp3) is 0.174. The van der Waals surface area contributed by atoms with Crippen molar-refractivity contribution in [1.29, 1.82) is 0 Å². The molecule has 4 rings (SSSR count). The summed E-state index contributed by atoms with van der Waals surface area (Å²) >= 11 is 3.37. The molecule has 0 fully saturated rings. The molecule has 0 unspecified atom stereocenters. The summed E-state index contributed by atoms with van der Waals surface area (Å²) in [6.07, 6.45) is 2.95. The monoisotopic (exact) mass is 509 g/mol. The number of hydrogen-bond acceptors (Lipinski definition) is 6. The van der Waals surface area contributed by atoms with E-state index in [0.29, 0.717) is 11.4 Å². The molecule has 0 bridgehead atoms. The van der Waals surface area contributed by atoms with Crippen molar-refractivity contribution in [2.45, 2.75) is 13.1 Å². The first-order chi connectivity index (χ1) is 15.9. The quantitative estimate of drug-likeness (QED) is 0.427. The summed E-state index contributed by atoms with van der Waals surface area (Å²) in [7, 11) is 3.08. The van der Waals surface area contributed by atoms with E-state index >= 15 is 0 Å². The van der Waals surface area contributed by atoms with Crippen molar-refractivity contribution in [3.05, 3.63) is 97.0 Å². The Bertz CT molecular complexity index is 1460. The van der Waals surface area contributed by atoms with E-state index in [1.165, 1.54) is 23.9 Å². The molecule has 1 amide bonds. The van der Waals surface area contributed by atoms with Crippen LogP contribution in [-0.2, 0) is 20.1 Å². The van der Waals surface area contributed by atoms with Crippen LogP contribution in [0.3, 0.4) is 0 Å². The summed E-state index contributed by atoms with van der Waals surface area (Å²) in [5.41, 5.74) is 1.10. The third-order valence-corrected chi connectivity index (χ3v) is 5.71. The molecule has 4 aromatic rings. The van der Waals surface area contributed by atoms with Gasteiger partial charge in [-0.25, -0.2) is 14.8 Å². The third kappa shape index (κ3) is 4.70. The zero-order valence-electron chi connectivity index (χ0n) is 17.9. The molecule has 1 aromatic carbocycles. The van der Waals surface area contributed by atoms with Crippen LogP contribution in [0.15, 0.2) is 68.9 Å². The number of fused-ring (bicyclic) bond motifs is 1. The molecular formula is C23H20BrN5O4. The number of benzene rings is 1. The second-order valence-corrected chi connectivity index (χ2v) is 8.25. The lowest BCUT2D eigenvalue weighted by Crippen LogP contribution is -2.39. The number of carbonyl (C=O) groups excluding carboxylic acids is 1. The number of aromatic nitrogens is 4. The van der Waals surface area contributed by atoms with E-state index in [-0.39, 0.29) is 24.2 Å². The number of rotatable bonds is 6. The lowest BCUT2D eigenvalue weighted by molar-refractivity contribution is 0.0946. The van der Waals surface area contributed by atoms with E-state index in [2.05, 4.69) is 31.2 Å². The van der Waals surface area contributed by atoms with Crippen molar-refractivity contribution in [1.82, 2.24) is 24.4 Å². The first-order valence-corrected chi connectivity index (χ1v) is 10.8. The first kappa shape index (κ1) is 22.4. The highest BCUT2D eigenvalue weighted by Gasteiger charge is 2.15. The van der Waals surface area contributed by atoms with E-state index in [9.17, 15) is 14.4 Å². The summed E-state index contributed by atoms with van der Waals surface area (Å²) in [5.74, 6) is -0.00165. The maximum absolute atomic E-state index is 13.2. The zero-order chi connectivity index (χ0) is 23.5. The van der Waals surface area contributed by atoms with Gasteiger partial charge in [0.05, 0.1) is 30.8 Å². The van der Waals surface area contributed by atoms with Crippen LogP contribution >= 0.6 is 15.9 Å². The van der Waals surface area contributed by atoms with Crippen molar-refractivity contribution in [3.8, 4) is 5.88 Å². The average molecular weight is 510 g/mol. The van der Waals surface area contributed by atoms with Gasteiger partial charge in [0.25, 0.3) is 11.5 Å². The zero-order valence-corrected chi connectivity index (χ0v) is 19.5. The Labute approximate surface area is 196 Å². The van der Waals surface area contributed by atoms with Crippen LogP contribution in [0, 0.1) is 0 Å². The SMILES string of the molecule is COc1cc(CNC(=O)c2cc3c(=O)n(Cc4ccc(Br)cc4)c(=O)n(C)c3cn2)ccn1. The minimum absolute atomic E-state index is 0.0782. The van der Waals surface area contributed by atoms with Crippen LogP contribution in [0.25, 0.3) is 10.9 Å². The van der Waals surface area contributed by atoms with Crippen molar-refractivity contribution in [2.24, 2.45) is 7.05 Å². The molecular weight excluding hydrogens is 490 g/mol. The highest BCUT2D eigenvalue weighted by atomic mass is 79.9. The van der Waals surface area contributed by atoms with Crippen molar-refractivity contribution in [3.63, 3.8) is 0 Å². The topological polar surface area (TPSA) is 108 Å². The fourth-order valence-electron chi connectivity index (χ4n) is 3.38. The van der Waals surface area contributed by atoms with Gasteiger partial charge < -0.3 is 10.1 Å². The highest BCUT2D eigenvalue weighted by molar-refractivity contribution is 9.10. The minimum atomic E-state index is -0.480. The second kappa shape index (κ2) is 9.37. The smallest absolute Gasteiger partial charge is 0.331 e. The summed E-state index contributed by atoms with van der Waals surface area (Å²) in [5, 5.41) is 3.01. The molecule has 3 heterocycles. The molecule has 33 heavy (non-hydrogen) atoms. The molecule has 0 aliphatic rings. The molecule has 0 atom stereocenters. The van der Waals surface area contributed by atoms with Gasteiger partial charge in [-0.2, -0.15) is 0 Å². The van der Waals surface area contributed by atoms with Crippen LogP contribution in [-0.4, -0.2) is 32.1 Å². The van der Waals surface area contributed by atoms with Crippen LogP contribution in [0.1, 0.15) is 21.6 Å². The predicted molar refractivity (Wildman–Crippen MR) is 126 cm³/mol. The van der Waals surface area contributed by atoms with Crippen LogP contribution in [0.5, 0.6) is 5.88 Å². The van der Waals surface area contributed by atoms with E-state index in [0.717, 1.165) is 20.2 Å². The highest BCUT2D eigenvalue weighted by Crippen LogP contribution is 2.13. The van der Waals surface area contributed by atoms with Gasteiger partial charge in [-0.05, 0) is 35.4 Å². The molecule has 0 spiro atoms. The molecule has 9 nitrogen and oxygen atoms in total. The largest absolute Gasteiger partial charge is 0.481 e. The summed E-state index contributed by atoms with van der Waals surface area (Å²) in [4.78, 5) is 46.8. The Kier molecular flexibility index (Phi) is 6.36. The summed E-state index contributed by atoms with van der Waals surface area (Å²) in [6.45, 7) is 0.348. The van der Waals surface area contributed by atoms with Gasteiger partial charge >= 0.3 is 5.69 Å². The predicted octanol–water partition coefficient (Wildman–Crippen LogP) is 2.24. The molecule has 0 saturated carbocycles. The van der Waals surface area contributed by atoms with Gasteiger partial charge in [0.2, 0.25) is 5.88 Å². The van der Waals surface area contributed by atoms with Gasteiger partial charge in [-0.15, -0.1) is 0 Å². The number of carbonyl (C=O) groups is 1. The van der Waals surface area contributed by atoms with Crippen LogP contribution < -0.4 is 21.3 Å². The molecule has 10 heteroatoms. The fourth-order valence-corrected chi connectivity index (χ4v) is 3.65. The van der Waals surface area contributed by atoms with Crippen molar-refractivity contribution < 1.29 is 9.53 Å². The summed E-state index contributed by atoms with van der Waals surface area (Å²) < 4.78 is 8.49. The number of aryl methyl sites for hydroxylation is 1. The number of ether oxygens (including phenoxy) is 1. The van der Waals surface area contributed by atoms with Crippen molar-refractivity contribution >= 4 is 32.7 Å². The molecule has 1 N–H and O–H groups in total. The lowest BCUT2D eigenvalue weighted by Gasteiger charge is -2.12. The van der Waals surface area contributed by atoms with Gasteiger partial charge in [0, 0.05) is 30.3 Å². The number of pyridine rings is 2. The van der Waals surface area contributed by atoms with E-state index in [1.54, 1.807) is 25.4 Å². The molecule has 168 valence electrons. The van der Waals surface area contributed by atoms with Crippen molar-refractivity contribution in [2.75, 3.05) is 7.11 Å². The molecule has 0 aliphatic heterocycles. The Hall–Kier alpha value is -3.79. The summed E-state index contributed by atoms with van der Waals surface area (Å²) in [6, 6.07) is 12.2. The third-order valence-electron chi connectivity index (χ3n) is 5.19. The molecule has 0 saturated heterocycles. The number of nitrogens with zero attached hydrogens (tertiary/aromatic N) is 4. The Morgan fingerprint density at radius 3 is 2.58 bits per heavy atom. The Morgan fingerprint density at radius 1 is 1.09 bits per heavy atom. The molecule has 0 radical (unpaired) electrons. The molecule has 0 aliphatic carbocycles. The number of hydrogen-bond donors (Lipinski definition) is 1. The van der Waals surface area contributed by atoms with E-state index in [4.69, 9.17) is 4.74 Å². The van der Waals surface area contributed by atoms with Gasteiger partial charge in [0.1, 0.15) is 5.69 Å². The number of methoxy groups -OCH3 is 1. The van der Waals surface area contributed by atoms with Gasteiger partial charge in [-0.3, -0.25) is 18.7 Å². The number of nitrogens with one attached hydrogen (secondary N) is 1. The Morgan fingerprint density at radius 2 is 1.85 bits per heavy atom. The van der Waals surface area contributed by atoms with Gasteiger partial charge in [-0.1, -0.05) is 28.1 Å².